The van der Waals surface area contributed by atoms with Crippen molar-refractivity contribution in [2.75, 3.05) is 56.1 Å². The van der Waals surface area contributed by atoms with Gasteiger partial charge < -0.3 is 24.3 Å². The maximum atomic E-state index is 13.5. The van der Waals surface area contributed by atoms with Gasteiger partial charge in [-0.15, -0.1) is 0 Å². The summed E-state index contributed by atoms with van der Waals surface area (Å²) in [5.74, 6) is -1.99. The normalized spacial score (nSPS) is 20.2. The Morgan fingerprint density at radius 1 is 1.20 bits per heavy atom. The van der Waals surface area contributed by atoms with Crippen molar-refractivity contribution in [1.29, 1.82) is 0 Å². The number of hydrogen-bond donors (Lipinski definition) is 0. The van der Waals surface area contributed by atoms with E-state index in [1.54, 1.807) is 4.90 Å². The SMILES string of the molecule is [C-]#[N+]C[C@H]1CN(c2nc(O[C@H](C)CN(C)C3CC(F)(F)C3)nc3c2CCN(c2cccc4cccc(C)c24)C3)CCN1C(=O)C=C. The number of carbonyl (C=O) groups excluding carboxylic acids is 1. The number of alkyl halides is 2. The zero-order valence-corrected chi connectivity index (χ0v) is 26.8. The molecule has 0 radical (unpaired) electrons. The van der Waals surface area contributed by atoms with Gasteiger partial charge in [-0.3, -0.25) is 9.69 Å². The first-order valence-corrected chi connectivity index (χ1v) is 16.0. The number of halogens is 2. The van der Waals surface area contributed by atoms with Crippen LogP contribution in [0.2, 0.25) is 0 Å². The molecule has 1 aliphatic carbocycles. The molecule has 3 heterocycles. The molecule has 3 aliphatic rings. The first kappa shape index (κ1) is 31.7. The number of likely N-dealkylation sites (N-methyl/N-ethyl adjacent to an activating group) is 1. The number of rotatable bonds is 9. The summed E-state index contributed by atoms with van der Waals surface area (Å²) < 4.78 is 33.3. The number of amides is 1. The Morgan fingerprint density at radius 3 is 2.67 bits per heavy atom. The molecule has 2 fully saturated rings. The van der Waals surface area contributed by atoms with Crippen LogP contribution in [-0.4, -0.2) is 96.1 Å². The van der Waals surface area contributed by atoms with Gasteiger partial charge in [-0.1, -0.05) is 36.9 Å². The molecule has 2 aliphatic heterocycles. The lowest BCUT2D eigenvalue weighted by Crippen LogP contribution is -2.56. The van der Waals surface area contributed by atoms with Gasteiger partial charge in [0.25, 0.3) is 5.92 Å². The highest BCUT2D eigenvalue weighted by Gasteiger charge is 2.47. The van der Waals surface area contributed by atoms with Crippen LogP contribution in [0.25, 0.3) is 15.6 Å². The molecule has 1 aromatic heterocycles. The molecular formula is C35H41F2N7O2. The van der Waals surface area contributed by atoms with Gasteiger partial charge in [0.05, 0.1) is 12.2 Å². The summed E-state index contributed by atoms with van der Waals surface area (Å²) in [6.45, 7) is 18.7. The molecule has 2 atom stereocenters. The van der Waals surface area contributed by atoms with Crippen LogP contribution < -0.4 is 14.5 Å². The van der Waals surface area contributed by atoms with Gasteiger partial charge >= 0.3 is 6.01 Å². The molecule has 1 saturated heterocycles. The molecule has 46 heavy (non-hydrogen) atoms. The van der Waals surface area contributed by atoms with Crippen molar-refractivity contribution in [1.82, 2.24) is 19.8 Å². The standard InChI is InChI=1S/C35H41F2N7O2/c1-6-31(45)44-16-15-43(21-27(44)19-38-4)33-28-13-14-42(30-12-8-11-25-10-7-9-23(2)32(25)30)22-29(28)39-34(40-33)46-24(3)20-41(5)26-17-35(36,37)18-26/h6-12,24,26-27H,1,13-22H2,2-3,5H3/t24-,27+/m1/s1. The Hall–Kier alpha value is -4.30. The van der Waals surface area contributed by atoms with Crippen molar-refractivity contribution in [2.24, 2.45) is 0 Å². The monoisotopic (exact) mass is 629 g/mol. The first-order valence-electron chi connectivity index (χ1n) is 16.0. The van der Waals surface area contributed by atoms with Crippen LogP contribution >= 0.6 is 0 Å². The van der Waals surface area contributed by atoms with Crippen LogP contribution in [0, 0.1) is 13.5 Å². The summed E-state index contributed by atoms with van der Waals surface area (Å²) in [5.41, 5.74) is 4.30. The zero-order chi connectivity index (χ0) is 32.6. The maximum absolute atomic E-state index is 13.5. The highest BCUT2D eigenvalue weighted by Crippen LogP contribution is 2.40. The van der Waals surface area contributed by atoms with Gasteiger partial charge in [0, 0.05) is 68.2 Å². The predicted octanol–water partition coefficient (Wildman–Crippen LogP) is 5.12. The summed E-state index contributed by atoms with van der Waals surface area (Å²) in [7, 11) is 1.85. The number of fused-ring (bicyclic) bond motifs is 2. The number of hydrogen-bond acceptors (Lipinski definition) is 7. The highest BCUT2D eigenvalue weighted by atomic mass is 19.3. The minimum absolute atomic E-state index is 0.134. The lowest BCUT2D eigenvalue weighted by molar-refractivity contribution is -0.128. The molecule has 11 heteroatoms. The lowest BCUT2D eigenvalue weighted by Gasteiger charge is -2.42. The van der Waals surface area contributed by atoms with E-state index in [1.807, 2.05) is 18.9 Å². The van der Waals surface area contributed by atoms with E-state index in [1.165, 1.54) is 22.4 Å². The number of ether oxygens (including phenoxy) is 1. The highest BCUT2D eigenvalue weighted by molar-refractivity contribution is 5.97. The molecule has 1 amide bonds. The first-order chi connectivity index (χ1) is 22.1. The predicted molar refractivity (Wildman–Crippen MR) is 176 cm³/mol. The van der Waals surface area contributed by atoms with Gasteiger partial charge in [0.1, 0.15) is 18.0 Å². The Labute approximate surface area is 269 Å². The van der Waals surface area contributed by atoms with Crippen molar-refractivity contribution in [3.05, 3.63) is 77.3 Å². The zero-order valence-electron chi connectivity index (χ0n) is 26.8. The van der Waals surface area contributed by atoms with Gasteiger partial charge in [-0.2, -0.15) is 9.97 Å². The summed E-state index contributed by atoms with van der Waals surface area (Å²) in [6, 6.07) is 12.5. The summed E-state index contributed by atoms with van der Waals surface area (Å²) >= 11 is 0. The van der Waals surface area contributed by atoms with Crippen LogP contribution in [0.3, 0.4) is 0 Å². The van der Waals surface area contributed by atoms with Crippen molar-refractivity contribution in [3.8, 4) is 6.01 Å². The van der Waals surface area contributed by atoms with E-state index in [9.17, 15) is 13.6 Å². The Morgan fingerprint density at radius 2 is 1.96 bits per heavy atom. The van der Waals surface area contributed by atoms with Crippen molar-refractivity contribution >= 4 is 28.2 Å². The fraction of sp³-hybridized carbons (Fsp3) is 0.486. The number of anilines is 2. The van der Waals surface area contributed by atoms with E-state index in [4.69, 9.17) is 21.3 Å². The largest absolute Gasteiger partial charge is 0.459 e. The maximum Gasteiger partial charge on any atom is 0.318 e. The van der Waals surface area contributed by atoms with E-state index >= 15 is 0 Å². The summed E-state index contributed by atoms with van der Waals surface area (Å²) in [6.07, 6.45) is 1.43. The number of nitrogens with zero attached hydrogens (tertiary/aromatic N) is 7. The Balaban J connectivity index is 1.31. The Bertz CT molecular complexity index is 1660. The summed E-state index contributed by atoms with van der Waals surface area (Å²) in [4.78, 5) is 34.2. The Kier molecular flexibility index (Phi) is 8.84. The molecule has 0 unspecified atom stereocenters. The van der Waals surface area contributed by atoms with E-state index in [2.05, 4.69) is 64.5 Å². The van der Waals surface area contributed by atoms with E-state index in [0.29, 0.717) is 32.7 Å². The molecule has 1 saturated carbocycles. The molecule has 0 spiro atoms. The van der Waals surface area contributed by atoms with Crippen LogP contribution in [-0.2, 0) is 17.8 Å². The number of piperazine rings is 1. The second-order valence-electron chi connectivity index (χ2n) is 12.8. The fourth-order valence-electron chi connectivity index (χ4n) is 7.11. The van der Waals surface area contributed by atoms with Crippen molar-refractivity contribution < 1.29 is 18.3 Å². The topological polar surface area (TPSA) is 69.4 Å². The lowest BCUT2D eigenvalue weighted by atomic mass is 9.87. The third kappa shape index (κ3) is 6.36. The molecule has 242 valence electrons. The van der Waals surface area contributed by atoms with Crippen LogP contribution in [0.5, 0.6) is 6.01 Å². The average molecular weight is 630 g/mol. The third-order valence-electron chi connectivity index (χ3n) is 9.54. The third-order valence-corrected chi connectivity index (χ3v) is 9.54. The molecule has 9 nitrogen and oxygen atoms in total. The smallest absolute Gasteiger partial charge is 0.318 e. The molecule has 0 bridgehead atoms. The van der Waals surface area contributed by atoms with Crippen LogP contribution in [0.4, 0.5) is 20.3 Å². The number of aryl methyl sites for hydroxylation is 1. The average Bonchev–Trinajstić information content (AvgIpc) is 3.02. The molecule has 6 rings (SSSR count). The number of benzene rings is 2. The fourth-order valence-corrected chi connectivity index (χ4v) is 7.11. The van der Waals surface area contributed by atoms with Gasteiger partial charge in [-0.05, 0) is 50.4 Å². The second kappa shape index (κ2) is 12.8. The van der Waals surface area contributed by atoms with E-state index in [-0.39, 0.29) is 49.5 Å². The van der Waals surface area contributed by atoms with E-state index in [0.717, 1.165) is 35.7 Å². The molecule has 2 aromatic carbocycles. The minimum atomic E-state index is -2.58. The summed E-state index contributed by atoms with van der Waals surface area (Å²) in [5, 5.41) is 2.41. The van der Waals surface area contributed by atoms with E-state index < -0.39 is 5.92 Å². The second-order valence-corrected chi connectivity index (χ2v) is 12.8. The van der Waals surface area contributed by atoms with Crippen molar-refractivity contribution in [3.63, 3.8) is 0 Å². The molecule has 0 N–H and O–H groups in total. The van der Waals surface area contributed by atoms with Gasteiger partial charge in [0.15, 0.2) is 0 Å². The minimum Gasteiger partial charge on any atom is -0.459 e. The quantitative estimate of drug-likeness (QED) is 0.241. The van der Waals surface area contributed by atoms with Crippen molar-refractivity contribution in [2.45, 2.75) is 63.8 Å². The van der Waals surface area contributed by atoms with Gasteiger partial charge in [-0.25, -0.2) is 15.4 Å². The van der Waals surface area contributed by atoms with Gasteiger partial charge in [0.2, 0.25) is 12.5 Å². The molecular weight excluding hydrogens is 588 g/mol. The van der Waals surface area contributed by atoms with Crippen LogP contribution in [0.15, 0.2) is 49.1 Å². The van der Waals surface area contributed by atoms with Crippen LogP contribution in [0.1, 0.15) is 36.6 Å². The molecule has 3 aromatic rings. The number of aromatic nitrogens is 2. The number of carbonyl (C=O) groups is 1.